The molecule has 0 aromatic heterocycles. The van der Waals surface area contributed by atoms with E-state index in [9.17, 15) is 5.11 Å². The Hall–Kier alpha value is -0.120. The molecule has 1 aliphatic heterocycles. The monoisotopic (exact) mass is 187 g/mol. The van der Waals surface area contributed by atoms with Gasteiger partial charge in [0.2, 0.25) is 0 Å². The quantitative estimate of drug-likeness (QED) is 0.704. The average molecular weight is 187 g/mol. The fraction of sp³-hybridized carbons (Fsp3) is 1.00. The highest BCUT2D eigenvalue weighted by Crippen LogP contribution is 2.28. The summed E-state index contributed by atoms with van der Waals surface area (Å²) in [6.45, 7) is 5.93. The van der Waals surface area contributed by atoms with Crippen molar-refractivity contribution in [2.45, 2.75) is 19.8 Å². The normalized spacial score (nSPS) is 29.5. The van der Waals surface area contributed by atoms with Crippen molar-refractivity contribution in [2.24, 2.45) is 5.41 Å². The molecule has 0 radical (unpaired) electrons. The Balaban J connectivity index is 2.47. The van der Waals surface area contributed by atoms with Gasteiger partial charge in [0.25, 0.3) is 0 Å². The number of aliphatic hydroxyl groups excluding tert-OH is 1. The number of nitrogens with zero attached hydrogens (tertiary/aromatic N) is 1. The molecule has 0 bridgehead atoms. The fourth-order valence-corrected chi connectivity index (χ4v) is 1.89. The molecule has 0 aromatic carbocycles. The van der Waals surface area contributed by atoms with Crippen molar-refractivity contribution < 1.29 is 9.84 Å². The summed E-state index contributed by atoms with van der Waals surface area (Å²) in [7, 11) is 2.09. The zero-order valence-corrected chi connectivity index (χ0v) is 8.75. The summed E-state index contributed by atoms with van der Waals surface area (Å²) in [4.78, 5) is 2.24. The second kappa shape index (κ2) is 4.94. The highest BCUT2D eigenvalue weighted by molar-refractivity contribution is 4.83. The van der Waals surface area contributed by atoms with Gasteiger partial charge < -0.3 is 14.7 Å². The second-order valence-corrected chi connectivity index (χ2v) is 4.14. The Bertz CT molecular complexity index is 144. The summed E-state index contributed by atoms with van der Waals surface area (Å²) < 4.78 is 5.44. The molecule has 78 valence electrons. The van der Waals surface area contributed by atoms with Gasteiger partial charge in [-0.15, -0.1) is 0 Å². The SMILES string of the molecule is CCN(C)CC1(CO)CCCOC1. The molecular weight excluding hydrogens is 166 g/mol. The van der Waals surface area contributed by atoms with Crippen LogP contribution in [0.15, 0.2) is 0 Å². The Morgan fingerprint density at radius 1 is 1.54 bits per heavy atom. The van der Waals surface area contributed by atoms with Crippen molar-refractivity contribution in [3.05, 3.63) is 0 Å². The van der Waals surface area contributed by atoms with E-state index >= 15 is 0 Å². The molecule has 1 aliphatic rings. The van der Waals surface area contributed by atoms with Gasteiger partial charge in [-0.05, 0) is 26.4 Å². The van der Waals surface area contributed by atoms with Crippen molar-refractivity contribution in [1.29, 1.82) is 0 Å². The summed E-state index contributed by atoms with van der Waals surface area (Å²) in [5.74, 6) is 0. The number of hydrogen-bond acceptors (Lipinski definition) is 3. The van der Waals surface area contributed by atoms with Crippen molar-refractivity contribution in [1.82, 2.24) is 4.90 Å². The van der Waals surface area contributed by atoms with Crippen LogP contribution in [0.3, 0.4) is 0 Å². The van der Waals surface area contributed by atoms with E-state index in [1.165, 1.54) is 0 Å². The molecule has 1 N–H and O–H groups in total. The minimum absolute atomic E-state index is 0.00299. The Labute approximate surface area is 80.7 Å². The van der Waals surface area contributed by atoms with Gasteiger partial charge in [-0.1, -0.05) is 6.92 Å². The molecule has 1 heterocycles. The first-order valence-electron chi connectivity index (χ1n) is 5.09. The van der Waals surface area contributed by atoms with Gasteiger partial charge in [-0.25, -0.2) is 0 Å². The van der Waals surface area contributed by atoms with Gasteiger partial charge in [-0.3, -0.25) is 0 Å². The third-order valence-electron chi connectivity index (χ3n) is 2.88. The lowest BCUT2D eigenvalue weighted by Gasteiger charge is -2.38. The van der Waals surface area contributed by atoms with Gasteiger partial charge >= 0.3 is 0 Å². The molecule has 1 fully saturated rings. The van der Waals surface area contributed by atoms with Crippen molar-refractivity contribution in [2.75, 3.05) is 40.0 Å². The van der Waals surface area contributed by atoms with Crippen LogP contribution in [0.4, 0.5) is 0 Å². The van der Waals surface area contributed by atoms with E-state index in [1.807, 2.05) is 0 Å². The van der Waals surface area contributed by atoms with Gasteiger partial charge in [0.05, 0.1) is 13.2 Å². The van der Waals surface area contributed by atoms with E-state index in [0.29, 0.717) is 6.61 Å². The Morgan fingerprint density at radius 2 is 2.31 bits per heavy atom. The molecule has 3 heteroatoms. The lowest BCUT2D eigenvalue weighted by Crippen LogP contribution is -2.44. The summed E-state index contributed by atoms with van der Waals surface area (Å²) >= 11 is 0. The van der Waals surface area contributed by atoms with E-state index in [4.69, 9.17) is 4.74 Å². The first kappa shape index (κ1) is 11.0. The molecule has 0 aliphatic carbocycles. The van der Waals surface area contributed by atoms with Crippen LogP contribution in [-0.2, 0) is 4.74 Å². The summed E-state index contributed by atoms with van der Waals surface area (Å²) in [5.41, 5.74) is 0.00299. The van der Waals surface area contributed by atoms with Crippen LogP contribution in [0.2, 0.25) is 0 Å². The minimum Gasteiger partial charge on any atom is -0.396 e. The molecule has 13 heavy (non-hydrogen) atoms. The molecule has 3 nitrogen and oxygen atoms in total. The van der Waals surface area contributed by atoms with Crippen LogP contribution in [-0.4, -0.2) is 50.0 Å². The summed E-state index contributed by atoms with van der Waals surface area (Å²) in [6, 6.07) is 0. The zero-order chi connectivity index (χ0) is 9.73. The van der Waals surface area contributed by atoms with Crippen LogP contribution in [0, 0.1) is 5.41 Å². The molecule has 0 saturated carbocycles. The molecule has 0 amide bonds. The van der Waals surface area contributed by atoms with E-state index in [-0.39, 0.29) is 12.0 Å². The van der Waals surface area contributed by atoms with Crippen molar-refractivity contribution >= 4 is 0 Å². The predicted molar refractivity (Wildman–Crippen MR) is 52.7 cm³/mol. The van der Waals surface area contributed by atoms with E-state index in [0.717, 1.165) is 32.5 Å². The van der Waals surface area contributed by atoms with Crippen LogP contribution in [0.25, 0.3) is 0 Å². The van der Waals surface area contributed by atoms with Gasteiger partial charge in [0.1, 0.15) is 0 Å². The Kier molecular flexibility index (Phi) is 4.16. The minimum atomic E-state index is 0.00299. The van der Waals surface area contributed by atoms with E-state index < -0.39 is 0 Å². The maximum atomic E-state index is 9.38. The topological polar surface area (TPSA) is 32.7 Å². The maximum Gasteiger partial charge on any atom is 0.0556 e. The molecule has 1 unspecified atom stereocenters. The van der Waals surface area contributed by atoms with Gasteiger partial charge in [0.15, 0.2) is 0 Å². The highest BCUT2D eigenvalue weighted by Gasteiger charge is 2.33. The van der Waals surface area contributed by atoms with E-state index in [1.54, 1.807) is 0 Å². The maximum absolute atomic E-state index is 9.38. The third-order valence-corrected chi connectivity index (χ3v) is 2.88. The number of ether oxygens (including phenoxy) is 1. The first-order valence-corrected chi connectivity index (χ1v) is 5.09. The molecule has 1 saturated heterocycles. The largest absolute Gasteiger partial charge is 0.396 e. The van der Waals surface area contributed by atoms with Gasteiger partial charge in [0, 0.05) is 18.6 Å². The molecule has 0 spiro atoms. The van der Waals surface area contributed by atoms with Crippen LogP contribution in [0.1, 0.15) is 19.8 Å². The second-order valence-electron chi connectivity index (χ2n) is 4.14. The predicted octanol–water partition coefficient (Wildman–Crippen LogP) is 0.727. The Morgan fingerprint density at radius 3 is 2.77 bits per heavy atom. The molecular formula is C10H21NO2. The van der Waals surface area contributed by atoms with Crippen molar-refractivity contribution in [3.63, 3.8) is 0 Å². The molecule has 1 rings (SSSR count). The molecule has 1 atom stereocenters. The lowest BCUT2D eigenvalue weighted by molar-refractivity contribution is -0.0516. The van der Waals surface area contributed by atoms with Crippen LogP contribution < -0.4 is 0 Å². The summed E-state index contributed by atoms with van der Waals surface area (Å²) in [6.07, 6.45) is 2.17. The highest BCUT2D eigenvalue weighted by atomic mass is 16.5. The fourth-order valence-electron chi connectivity index (χ4n) is 1.89. The van der Waals surface area contributed by atoms with Crippen LogP contribution in [0.5, 0.6) is 0 Å². The zero-order valence-electron chi connectivity index (χ0n) is 8.75. The first-order chi connectivity index (χ1) is 6.22. The van der Waals surface area contributed by atoms with Crippen molar-refractivity contribution in [3.8, 4) is 0 Å². The molecule has 0 aromatic rings. The van der Waals surface area contributed by atoms with E-state index in [2.05, 4.69) is 18.9 Å². The van der Waals surface area contributed by atoms with Gasteiger partial charge in [-0.2, -0.15) is 0 Å². The number of aliphatic hydroxyl groups is 1. The summed E-state index contributed by atoms with van der Waals surface area (Å²) in [5, 5.41) is 9.38. The number of rotatable bonds is 4. The smallest absolute Gasteiger partial charge is 0.0556 e. The van der Waals surface area contributed by atoms with Crippen LogP contribution >= 0.6 is 0 Å². The standard InChI is InChI=1S/C10H21NO2/c1-3-11(2)7-10(8-12)5-4-6-13-9-10/h12H,3-9H2,1-2H3. The number of hydrogen-bond donors (Lipinski definition) is 1. The third kappa shape index (κ3) is 2.93. The lowest BCUT2D eigenvalue weighted by atomic mass is 9.83. The average Bonchev–Trinajstić information content (AvgIpc) is 2.19.